The molecule has 3 rings (SSSR count). The molecule has 1 saturated heterocycles. The predicted octanol–water partition coefficient (Wildman–Crippen LogP) is 3.06. The molecule has 2 heterocycles. The molecule has 0 radical (unpaired) electrons. The number of benzene rings is 1. The Labute approximate surface area is 190 Å². The van der Waals surface area contributed by atoms with Gasteiger partial charge in [-0.3, -0.25) is 9.59 Å². The summed E-state index contributed by atoms with van der Waals surface area (Å²) in [6.07, 6.45) is -2.70. The number of aryl methyl sites for hydroxylation is 1. The van der Waals surface area contributed by atoms with E-state index in [1.807, 2.05) is 12.2 Å². The summed E-state index contributed by atoms with van der Waals surface area (Å²) in [6.45, 7) is 4.94. The lowest BCUT2D eigenvalue weighted by atomic mass is 10.0. The molecule has 2 amide bonds. The number of pyridine rings is 1. The molecule has 178 valence electrons. The fourth-order valence-electron chi connectivity index (χ4n) is 3.54. The van der Waals surface area contributed by atoms with Crippen molar-refractivity contribution < 1.29 is 27.5 Å². The van der Waals surface area contributed by atoms with Gasteiger partial charge < -0.3 is 20.7 Å². The standard InChI is InChI=1S/C23H27F3N4O3/c1-14-5-7-16(8-6-14)20(15(2)29-22(32)23(24,25)26)33-18-9-10-19(28-13-18)21(31)30-17-4-3-11-27-12-17/h5-10,13,15,17,20,27H,3-4,11-12H2,1-2H3,(H,29,32)(H,30,31)/t15?,17-,20?/m0/s1. The van der Waals surface area contributed by atoms with Crippen LogP contribution in [0.15, 0.2) is 42.6 Å². The molecule has 3 N–H and O–H groups in total. The van der Waals surface area contributed by atoms with E-state index in [0.29, 0.717) is 12.1 Å². The molecule has 1 fully saturated rings. The average Bonchev–Trinajstić information content (AvgIpc) is 2.78. The van der Waals surface area contributed by atoms with E-state index in [2.05, 4.69) is 15.6 Å². The minimum absolute atomic E-state index is 0.0352. The number of nitrogens with zero attached hydrogens (tertiary/aromatic N) is 1. The topological polar surface area (TPSA) is 92.3 Å². The third kappa shape index (κ3) is 6.92. The number of carbonyl (C=O) groups is 2. The lowest BCUT2D eigenvalue weighted by Crippen LogP contribution is -2.45. The molecule has 2 unspecified atom stereocenters. The van der Waals surface area contributed by atoms with Crippen LogP contribution in [0.3, 0.4) is 0 Å². The normalized spacial score (nSPS) is 18.2. The number of rotatable bonds is 7. The lowest BCUT2D eigenvalue weighted by molar-refractivity contribution is -0.174. The van der Waals surface area contributed by atoms with Gasteiger partial charge in [-0.2, -0.15) is 13.2 Å². The molecule has 10 heteroatoms. The number of hydrogen-bond acceptors (Lipinski definition) is 5. The van der Waals surface area contributed by atoms with Gasteiger partial charge in [-0.05, 0) is 50.9 Å². The van der Waals surface area contributed by atoms with E-state index >= 15 is 0 Å². The molecule has 1 aliphatic heterocycles. The van der Waals surface area contributed by atoms with E-state index < -0.39 is 24.2 Å². The van der Waals surface area contributed by atoms with Crippen molar-refractivity contribution in [2.24, 2.45) is 0 Å². The summed E-state index contributed by atoms with van der Waals surface area (Å²) in [5, 5.41) is 8.09. The van der Waals surface area contributed by atoms with Crippen molar-refractivity contribution in [3.05, 3.63) is 59.4 Å². The zero-order chi connectivity index (χ0) is 24.0. The fourth-order valence-corrected chi connectivity index (χ4v) is 3.54. The van der Waals surface area contributed by atoms with Gasteiger partial charge in [0.1, 0.15) is 17.5 Å². The van der Waals surface area contributed by atoms with Gasteiger partial charge in [0.05, 0.1) is 12.2 Å². The highest BCUT2D eigenvalue weighted by atomic mass is 19.4. The number of carbonyl (C=O) groups excluding carboxylic acids is 2. The molecule has 1 aliphatic rings. The summed E-state index contributed by atoms with van der Waals surface area (Å²) in [5.74, 6) is -2.10. The van der Waals surface area contributed by atoms with Crippen molar-refractivity contribution in [2.75, 3.05) is 13.1 Å². The third-order valence-electron chi connectivity index (χ3n) is 5.34. The number of amides is 2. The Kier molecular flexibility index (Phi) is 7.91. The van der Waals surface area contributed by atoms with Crippen LogP contribution < -0.4 is 20.7 Å². The molecule has 0 spiro atoms. The number of nitrogens with one attached hydrogen (secondary N) is 3. The Morgan fingerprint density at radius 3 is 2.48 bits per heavy atom. The second kappa shape index (κ2) is 10.7. The smallest absolute Gasteiger partial charge is 0.471 e. The van der Waals surface area contributed by atoms with Gasteiger partial charge in [-0.1, -0.05) is 29.8 Å². The predicted molar refractivity (Wildman–Crippen MR) is 116 cm³/mol. The molecular formula is C23H27F3N4O3. The molecule has 1 aromatic heterocycles. The number of piperidine rings is 1. The molecule has 2 aromatic rings. The van der Waals surface area contributed by atoms with Gasteiger partial charge in [0.25, 0.3) is 5.91 Å². The summed E-state index contributed by atoms with van der Waals surface area (Å²) in [5.41, 5.74) is 1.76. The Bertz CT molecular complexity index is 943. The first-order valence-corrected chi connectivity index (χ1v) is 10.7. The van der Waals surface area contributed by atoms with Gasteiger partial charge in [-0.15, -0.1) is 0 Å². The van der Waals surface area contributed by atoms with Gasteiger partial charge in [0, 0.05) is 12.6 Å². The van der Waals surface area contributed by atoms with Gasteiger partial charge in [-0.25, -0.2) is 4.98 Å². The number of alkyl halides is 3. The summed E-state index contributed by atoms with van der Waals surface area (Å²) in [6, 6.07) is 9.11. The Morgan fingerprint density at radius 2 is 1.91 bits per heavy atom. The van der Waals surface area contributed by atoms with Crippen molar-refractivity contribution in [2.45, 2.75) is 51.1 Å². The highest BCUT2D eigenvalue weighted by molar-refractivity contribution is 5.92. The van der Waals surface area contributed by atoms with Crippen LogP contribution in [-0.2, 0) is 4.79 Å². The Balaban J connectivity index is 1.72. The largest absolute Gasteiger partial charge is 0.482 e. The van der Waals surface area contributed by atoms with Crippen molar-refractivity contribution >= 4 is 11.8 Å². The van der Waals surface area contributed by atoms with E-state index in [-0.39, 0.29) is 23.4 Å². The molecule has 3 atom stereocenters. The molecule has 0 bridgehead atoms. The molecule has 7 nitrogen and oxygen atoms in total. The maximum atomic E-state index is 12.7. The highest BCUT2D eigenvalue weighted by Gasteiger charge is 2.40. The number of hydrogen-bond donors (Lipinski definition) is 3. The highest BCUT2D eigenvalue weighted by Crippen LogP contribution is 2.26. The van der Waals surface area contributed by atoms with E-state index in [4.69, 9.17) is 4.74 Å². The van der Waals surface area contributed by atoms with Crippen LogP contribution in [0.2, 0.25) is 0 Å². The molecular weight excluding hydrogens is 437 g/mol. The van der Waals surface area contributed by atoms with Crippen LogP contribution in [0, 0.1) is 6.92 Å². The van der Waals surface area contributed by atoms with E-state index in [0.717, 1.165) is 24.9 Å². The van der Waals surface area contributed by atoms with E-state index in [1.54, 1.807) is 24.3 Å². The maximum Gasteiger partial charge on any atom is 0.471 e. The van der Waals surface area contributed by atoms with Crippen molar-refractivity contribution in [3.8, 4) is 5.75 Å². The first-order chi connectivity index (χ1) is 15.6. The summed E-state index contributed by atoms with van der Waals surface area (Å²) in [7, 11) is 0. The quantitative estimate of drug-likeness (QED) is 0.586. The lowest BCUT2D eigenvalue weighted by Gasteiger charge is -2.27. The van der Waals surface area contributed by atoms with Gasteiger partial charge >= 0.3 is 12.1 Å². The molecule has 1 aromatic carbocycles. The molecule has 0 saturated carbocycles. The minimum atomic E-state index is -5.00. The Morgan fingerprint density at radius 1 is 1.18 bits per heavy atom. The first-order valence-electron chi connectivity index (χ1n) is 10.7. The zero-order valence-corrected chi connectivity index (χ0v) is 18.4. The maximum absolute atomic E-state index is 12.7. The second-order valence-electron chi connectivity index (χ2n) is 8.10. The molecule has 0 aliphatic carbocycles. The Hall–Kier alpha value is -3.14. The van der Waals surface area contributed by atoms with Gasteiger partial charge in [0.15, 0.2) is 0 Å². The molecule has 33 heavy (non-hydrogen) atoms. The van der Waals surface area contributed by atoms with E-state index in [1.165, 1.54) is 25.3 Å². The SMILES string of the molecule is Cc1ccc(C(Oc2ccc(C(=O)N[C@H]3CCCNC3)nc2)C(C)NC(=O)C(F)(F)F)cc1. The van der Waals surface area contributed by atoms with Crippen LogP contribution in [0.5, 0.6) is 5.75 Å². The monoisotopic (exact) mass is 464 g/mol. The van der Waals surface area contributed by atoms with Crippen LogP contribution in [-0.4, -0.2) is 48.1 Å². The number of ether oxygens (including phenoxy) is 1. The first kappa shape index (κ1) is 24.5. The average molecular weight is 464 g/mol. The minimum Gasteiger partial charge on any atom is -0.482 e. The van der Waals surface area contributed by atoms with Crippen LogP contribution >= 0.6 is 0 Å². The van der Waals surface area contributed by atoms with Crippen molar-refractivity contribution in [1.82, 2.24) is 20.9 Å². The fraction of sp³-hybridized carbons (Fsp3) is 0.435. The van der Waals surface area contributed by atoms with Crippen molar-refractivity contribution in [3.63, 3.8) is 0 Å². The van der Waals surface area contributed by atoms with Crippen molar-refractivity contribution in [1.29, 1.82) is 0 Å². The second-order valence-corrected chi connectivity index (χ2v) is 8.10. The summed E-state index contributed by atoms with van der Waals surface area (Å²) in [4.78, 5) is 28.0. The summed E-state index contributed by atoms with van der Waals surface area (Å²) >= 11 is 0. The number of aromatic nitrogens is 1. The zero-order valence-electron chi connectivity index (χ0n) is 18.4. The van der Waals surface area contributed by atoms with Crippen LogP contribution in [0.4, 0.5) is 13.2 Å². The van der Waals surface area contributed by atoms with Crippen LogP contribution in [0.1, 0.15) is 47.5 Å². The van der Waals surface area contributed by atoms with Gasteiger partial charge in [0.2, 0.25) is 0 Å². The summed E-state index contributed by atoms with van der Waals surface area (Å²) < 4.78 is 44.1. The third-order valence-corrected chi connectivity index (χ3v) is 5.34. The van der Waals surface area contributed by atoms with Crippen LogP contribution in [0.25, 0.3) is 0 Å². The number of halogens is 3. The van der Waals surface area contributed by atoms with E-state index in [9.17, 15) is 22.8 Å².